The van der Waals surface area contributed by atoms with Crippen LogP contribution in [-0.4, -0.2) is 69.2 Å². The summed E-state index contributed by atoms with van der Waals surface area (Å²) in [4.78, 5) is 0. The first-order chi connectivity index (χ1) is 11.3. The molecule has 1 N–H and O–H groups in total. The average Bonchev–Trinajstić information content (AvgIpc) is 2.78. The Balaban J connectivity index is 2.72. The molecule has 0 spiro atoms. The highest BCUT2D eigenvalue weighted by Gasteiger charge is 2.42. The normalized spacial score (nSPS) is 28.7. The molecule has 1 aliphatic heterocycles. The van der Waals surface area contributed by atoms with E-state index in [1.807, 2.05) is 0 Å². The van der Waals surface area contributed by atoms with E-state index >= 15 is 0 Å². The molecule has 1 fully saturated rings. The summed E-state index contributed by atoms with van der Waals surface area (Å²) in [6, 6.07) is 1.70. The number of rotatable bonds is 10. The number of hydrogen-bond donors (Lipinski definition) is 1. The molecule has 1 heterocycles. The lowest BCUT2D eigenvalue weighted by atomic mass is 9.93. The Morgan fingerprint density at radius 3 is 2.46 bits per heavy atom. The van der Waals surface area contributed by atoms with E-state index in [0.29, 0.717) is 13.0 Å². The lowest BCUT2D eigenvalue weighted by Gasteiger charge is -2.36. The van der Waals surface area contributed by atoms with Gasteiger partial charge in [0.2, 0.25) is 0 Å². The zero-order valence-electron chi connectivity index (χ0n) is 15.5. The summed E-state index contributed by atoms with van der Waals surface area (Å²) < 4.78 is 33.8. The van der Waals surface area contributed by atoms with Gasteiger partial charge in [0.15, 0.2) is 0 Å². The third-order valence-corrected chi connectivity index (χ3v) is 6.00. The van der Waals surface area contributed by atoms with Crippen molar-refractivity contribution in [2.45, 2.75) is 70.5 Å². The maximum Gasteiger partial charge on any atom is 0.259 e. The molecule has 0 saturated carbocycles. The molecule has 1 rings (SSSR count). The zero-order valence-corrected chi connectivity index (χ0v) is 16.4. The molecule has 138 valence electrons. The lowest BCUT2D eigenvalue weighted by molar-refractivity contribution is 0.0327. The molecule has 0 radical (unpaired) electrons. The van der Waals surface area contributed by atoms with Crippen LogP contribution in [-0.2, 0) is 13.8 Å². The second-order valence-electron chi connectivity index (χ2n) is 6.48. The molecule has 5 atom stereocenters. The van der Waals surface area contributed by atoms with Crippen LogP contribution in [0.2, 0.25) is 0 Å². The van der Waals surface area contributed by atoms with E-state index in [0.717, 1.165) is 0 Å². The molecule has 5 unspecified atom stereocenters. The van der Waals surface area contributed by atoms with Crippen LogP contribution in [0, 0.1) is 11.3 Å². The first-order valence-corrected chi connectivity index (χ1v) is 9.64. The van der Waals surface area contributed by atoms with Gasteiger partial charge in [0.05, 0.1) is 43.9 Å². The Bertz CT molecular complexity index is 406. The lowest BCUT2D eigenvalue weighted by Crippen LogP contribution is -2.43. The Morgan fingerprint density at radius 1 is 1.33 bits per heavy atom. The Hall–Kier alpha value is -0.285. The maximum atomic E-state index is 14.1. The van der Waals surface area contributed by atoms with Crippen molar-refractivity contribution in [2.75, 3.05) is 20.3 Å². The molecule has 0 aromatic carbocycles. The van der Waals surface area contributed by atoms with Gasteiger partial charge in [0.1, 0.15) is 14.0 Å². The predicted molar refractivity (Wildman–Crippen MR) is 96.1 cm³/mol. The van der Waals surface area contributed by atoms with Crippen molar-refractivity contribution in [3.05, 3.63) is 0 Å². The standard InChI is InChI=1S/C15H30BFN3O3P/c1-10(2)20(11(3)4)24(21-8-6-7-18)22-9-12-14(19-5)13(17)15(16)23-12/h10-15,19H,6,8-9,16H2,1-5H3. The van der Waals surface area contributed by atoms with Gasteiger partial charge in [0.25, 0.3) is 8.53 Å². The van der Waals surface area contributed by atoms with Gasteiger partial charge >= 0.3 is 0 Å². The molecule has 1 saturated heterocycles. The van der Waals surface area contributed by atoms with Gasteiger partial charge in [-0.05, 0) is 34.7 Å². The molecule has 9 heteroatoms. The molecule has 0 aromatic heterocycles. The smallest absolute Gasteiger partial charge is 0.259 e. The summed E-state index contributed by atoms with van der Waals surface area (Å²) in [5, 5.41) is 11.7. The number of alkyl halides is 1. The summed E-state index contributed by atoms with van der Waals surface area (Å²) >= 11 is 0. The summed E-state index contributed by atoms with van der Waals surface area (Å²) in [5.41, 5.74) is 0. The SMILES string of the molecule is BC1OC(COP(OCCC#N)N(C(C)C)C(C)C)C(NC)C1F. The minimum absolute atomic E-state index is 0.232. The van der Waals surface area contributed by atoms with Crippen molar-refractivity contribution < 1.29 is 18.2 Å². The van der Waals surface area contributed by atoms with Gasteiger partial charge in [0, 0.05) is 12.1 Å². The molecule has 0 bridgehead atoms. The van der Waals surface area contributed by atoms with Gasteiger partial charge in [-0.1, -0.05) is 0 Å². The van der Waals surface area contributed by atoms with E-state index < -0.39 is 20.7 Å². The topological polar surface area (TPSA) is 66.8 Å². The number of halogens is 1. The van der Waals surface area contributed by atoms with E-state index in [9.17, 15) is 4.39 Å². The van der Waals surface area contributed by atoms with Crippen LogP contribution < -0.4 is 5.32 Å². The van der Waals surface area contributed by atoms with Gasteiger partial charge in [-0.3, -0.25) is 0 Å². The predicted octanol–water partition coefficient (Wildman–Crippen LogP) is 1.56. The molecule has 0 amide bonds. The van der Waals surface area contributed by atoms with Crippen LogP contribution in [0.5, 0.6) is 0 Å². The Labute approximate surface area is 147 Å². The van der Waals surface area contributed by atoms with Gasteiger partial charge < -0.3 is 19.1 Å². The van der Waals surface area contributed by atoms with Crippen molar-refractivity contribution in [3.63, 3.8) is 0 Å². The molecular formula is C15H30BFN3O3P. The molecule has 6 nitrogen and oxygen atoms in total. The van der Waals surface area contributed by atoms with E-state index in [1.165, 1.54) is 0 Å². The summed E-state index contributed by atoms with van der Waals surface area (Å²) in [7, 11) is 2.13. The number of nitrogens with one attached hydrogen (secondary N) is 1. The highest BCUT2D eigenvalue weighted by molar-refractivity contribution is 7.44. The minimum atomic E-state index is -1.33. The summed E-state index contributed by atoms with van der Waals surface area (Å²) in [6.45, 7) is 8.89. The average molecular weight is 361 g/mol. The van der Waals surface area contributed by atoms with Gasteiger partial charge in [-0.2, -0.15) is 5.26 Å². The second-order valence-corrected chi connectivity index (χ2v) is 7.93. The first kappa shape index (κ1) is 21.8. The van der Waals surface area contributed by atoms with Crippen LogP contribution >= 0.6 is 8.53 Å². The molecule has 0 aromatic rings. The first-order valence-electron chi connectivity index (χ1n) is 8.51. The van der Waals surface area contributed by atoms with Crippen LogP contribution in [0.25, 0.3) is 0 Å². The van der Waals surface area contributed by atoms with Gasteiger partial charge in [-0.25, -0.2) is 9.06 Å². The number of nitriles is 1. The number of nitrogens with zero attached hydrogens (tertiary/aromatic N) is 2. The third-order valence-electron chi connectivity index (χ3n) is 3.93. The van der Waals surface area contributed by atoms with Crippen LogP contribution in [0.1, 0.15) is 34.1 Å². The number of hydrogen-bond acceptors (Lipinski definition) is 6. The van der Waals surface area contributed by atoms with E-state index in [2.05, 4.69) is 43.8 Å². The second kappa shape index (κ2) is 10.6. The monoisotopic (exact) mass is 361 g/mol. The minimum Gasteiger partial charge on any atom is -0.377 e. The fourth-order valence-corrected chi connectivity index (χ4v) is 4.49. The van der Waals surface area contributed by atoms with Crippen LogP contribution in [0.4, 0.5) is 4.39 Å². The van der Waals surface area contributed by atoms with E-state index in [4.69, 9.17) is 19.0 Å². The molecular weight excluding hydrogens is 331 g/mol. The highest BCUT2D eigenvalue weighted by Crippen LogP contribution is 2.46. The van der Waals surface area contributed by atoms with Crippen molar-refractivity contribution in [1.29, 1.82) is 5.26 Å². The highest BCUT2D eigenvalue weighted by atomic mass is 31.2. The van der Waals surface area contributed by atoms with Gasteiger partial charge in [-0.15, -0.1) is 0 Å². The quantitative estimate of drug-likeness (QED) is 0.362. The van der Waals surface area contributed by atoms with Crippen molar-refractivity contribution in [2.24, 2.45) is 0 Å². The van der Waals surface area contributed by atoms with Crippen LogP contribution in [0.3, 0.4) is 0 Å². The molecule has 24 heavy (non-hydrogen) atoms. The number of likely N-dealkylation sites (N-methyl/N-ethyl adjacent to an activating group) is 1. The molecule has 1 aliphatic rings. The Morgan fingerprint density at radius 2 is 1.96 bits per heavy atom. The van der Waals surface area contributed by atoms with Crippen LogP contribution in [0.15, 0.2) is 0 Å². The van der Waals surface area contributed by atoms with E-state index in [1.54, 1.807) is 14.9 Å². The van der Waals surface area contributed by atoms with Crippen molar-refractivity contribution >= 4 is 16.4 Å². The Kier molecular flexibility index (Phi) is 9.65. The fourth-order valence-electron chi connectivity index (χ4n) is 2.87. The third kappa shape index (κ3) is 5.91. The summed E-state index contributed by atoms with van der Waals surface area (Å²) in [6.07, 6.45) is -1.10. The zero-order chi connectivity index (χ0) is 18.3. The maximum absolute atomic E-state index is 14.1. The van der Waals surface area contributed by atoms with E-state index in [-0.39, 0.29) is 30.8 Å². The van der Waals surface area contributed by atoms with Crippen molar-refractivity contribution in [1.82, 2.24) is 9.99 Å². The largest absolute Gasteiger partial charge is 0.377 e. The van der Waals surface area contributed by atoms with Crippen molar-refractivity contribution in [3.8, 4) is 6.07 Å². The molecule has 0 aliphatic carbocycles. The summed E-state index contributed by atoms with van der Waals surface area (Å²) in [5.74, 6) is 0. The fraction of sp³-hybridized carbons (Fsp3) is 0.933. The number of ether oxygens (including phenoxy) is 1.